The summed E-state index contributed by atoms with van der Waals surface area (Å²) >= 11 is 4.67. The maximum absolute atomic E-state index is 12.0. The van der Waals surface area contributed by atoms with Gasteiger partial charge in [0, 0.05) is 13.1 Å². The molecule has 0 aromatic heterocycles. The van der Waals surface area contributed by atoms with E-state index >= 15 is 0 Å². The lowest BCUT2D eigenvalue weighted by Crippen LogP contribution is -2.45. The van der Waals surface area contributed by atoms with Crippen molar-refractivity contribution in [3.8, 4) is 0 Å². The van der Waals surface area contributed by atoms with E-state index in [1.54, 1.807) is 0 Å². The summed E-state index contributed by atoms with van der Waals surface area (Å²) in [5.41, 5.74) is 5.33. The molecule has 0 bridgehead atoms. The van der Waals surface area contributed by atoms with E-state index in [1.807, 2.05) is 0 Å². The van der Waals surface area contributed by atoms with Crippen LogP contribution in [-0.2, 0) is 14.8 Å². The van der Waals surface area contributed by atoms with E-state index in [0.717, 1.165) is 4.31 Å². The molecule has 0 saturated carbocycles. The fraction of sp³-hybridized carbons (Fsp3) is 0.750. The van der Waals surface area contributed by atoms with Crippen molar-refractivity contribution in [2.75, 3.05) is 19.6 Å². The second kappa shape index (κ2) is 5.07. The van der Waals surface area contributed by atoms with E-state index in [1.165, 1.54) is 6.92 Å². The van der Waals surface area contributed by atoms with Crippen LogP contribution in [0, 0.1) is 0 Å². The Labute approximate surface area is 100 Å². The highest BCUT2D eigenvalue weighted by Crippen LogP contribution is 2.11. The van der Waals surface area contributed by atoms with Crippen molar-refractivity contribution in [1.82, 2.24) is 9.62 Å². The summed E-state index contributed by atoms with van der Waals surface area (Å²) in [4.78, 5) is 11.2. The van der Waals surface area contributed by atoms with Gasteiger partial charge in [-0.25, -0.2) is 8.42 Å². The number of nitrogens with two attached hydrogens (primary N) is 1. The van der Waals surface area contributed by atoms with Gasteiger partial charge in [-0.15, -0.1) is 0 Å². The van der Waals surface area contributed by atoms with Crippen molar-refractivity contribution in [3.05, 3.63) is 0 Å². The molecule has 1 amide bonds. The molecule has 0 aromatic carbocycles. The predicted molar refractivity (Wildman–Crippen MR) is 64.4 cm³/mol. The summed E-state index contributed by atoms with van der Waals surface area (Å²) in [6.07, 6.45) is 0.592. The Morgan fingerprint density at radius 3 is 2.81 bits per heavy atom. The van der Waals surface area contributed by atoms with Gasteiger partial charge in [0.2, 0.25) is 15.9 Å². The first-order valence-electron chi connectivity index (χ1n) is 4.90. The number of rotatable bonds is 3. The SMILES string of the molecule is CC(C(N)=S)S(=O)(=O)N1CCCNC(=O)C1. The number of carbonyl (C=O) groups excluding carboxylic acids is 1. The first-order chi connectivity index (χ1) is 7.35. The standard InChI is InChI=1S/C8H15N3O3S2/c1-6(8(9)15)16(13,14)11-4-2-3-10-7(12)5-11/h6H,2-5H2,1H3,(H2,9,15)(H,10,12). The van der Waals surface area contributed by atoms with Crippen LogP contribution in [0.4, 0.5) is 0 Å². The van der Waals surface area contributed by atoms with Crippen LogP contribution >= 0.6 is 12.2 Å². The Morgan fingerprint density at radius 2 is 2.25 bits per heavy atom. The summed E-state index contributed by atoms with van der Waals surface area (Å²) in [5.74, 6) is -0.295. The minimum atomic E-state index is -3.61. The van der Waals surface area contributed by atoms with Crippen molar-refractivity contribution in [2.24, 2.45) is 5.73 Å². The van der Waals surface area contributed by atoms with Crippen molar-refractivity contribution in [1.29, 1.82) is 0 Å². The van der Waals surface area contributed by atoms with Gasteiger partial charge in [0.15, 0.2) is 0 Å². The molecule has 8 heteroatoms. The normalized spacial score (nSPS) is 20.9. The monoisotopic (exact) mass is 265 g/mol. The molecule has 1 heterocycles. The maximum atomic E-state index is 12.0. The minimum Gasteiger partial charge on any atom is -0.392 e. The molecule has 1 rings (SSSR count). The van der Waals surface area contributed by atoms with Crippen LogP contribution in [0.1, 0.15) is 13.3 Å². The van der Waals surface area contributed by atoms with Gasteiger partial charge in [0.05, 0.1) is 11.5 Å². The molecule has 92 valence electrons. The third-order valence-corrected chi connectivity index (χ3v) is 5.12. The molecule has 1 unspecified atom stereocenters. The van der Waals surface area contributed by atoms with Gasteiger partial charge in [-0.3, -0.25) is 4.79 Å². The van der Waals surface area contributed by atoms with Gasteiger partial charge in [-0.2, -0.15) is 4.31 Å². The van der Waals surface area contributed by atoms with Gasteiger partial charge < -0.3 is 11.1 Å². The van der Waals surface area contributed by atoms with Gasteiger partial charge in [0.1, 0.15) is 5.25 Å². The highest BCUT2D eigenvalue weighted by Gasteiger charge is 2.32. The highest BCUT2D eigenvalue weighted by atomic mass is 32.2. The zero-order valence-electron chi connectivity index (χ0n) is 8.97. The maximum Gasteiger partial charge on any atom is 0.235 e. The van der Waals surface area contributed by atoms with E-state index in [0.29, 0.717) is 19.5 Å². The number of hydrogen-bond acceptors (Lipinski definition) is 4. The average Bonchev–Trinajstić information content (AvgIpc) is 2.41. The molecule has 1 atom stereocenters. The molecule has 0 aliphatic carbocycles. The number of sulfonamides is 1. The Hall–Kier alpha value is -0.730. The second-order valence-electron chi connectivity index (χ2n) is 3.63. The minimum absolute atomic E-state index is 0.0790. The summed E-state index contributed by atoms with van der Waals surface area (Å²) in [6, 6.07) is 0. The van der Waals surface area contributed by atoms with Gasteiger partial charge in [0.25, 0.3) is 0 Å². The van der Waals surface area contributed by atoms with Crippen molar-refractivity contribution in [2.45, 2.75) is 18.6 Å². The average molecular weight is 265 g/mol. The van der Waals surface area contributed by atoms with Crippen LogP contribution in [0.2, 0.25) is 0 Å². The quantitative estimate of drug-likeness (QED) is 0.626. The lowest BCUT2D eigenvalue weighted by atomic mass is 10.4. The molecule has 0 radical (unpaired) electrons. The number of nitrogens with one attached hydrogen (secondary N) is 1. The smallest absolute Gasteiger partial charge is 0.235 e. The lowest BCUT2D eigenvalue weighted by Gasteiger charge is -2.22. The van der Waals surface area contributed by atoms with Gasteiger partial charge in [-0.05, 0) is 13.3 Å². The molecule has 1 aliphatic rings. The Kier molecular flexibility index (Phi) is 4.22. The van der Waals surface area contributed by atoms with Crippen LogP contribution in [0.5, 0.6) is 0 Å². The number of hydrogen-bond donors (Lipinski definition) is 2. The molecular weight excluding hydrogens is 250 g/mol. The fourth-order valence-electron chi connectivity index (χ4n) is 1.37. The molecule has 0 spiro atoms. The Morgan fingerprint density at radius 1 is 1.62 bits per heavy atom. The topological polar surface area (TPSA) is 92.5 Å². The zero-order valence-corrected chi connectivity index (χ0v) is 10.6. The van der Waals surface area contributed by atoms with Crippen molar-refractivity contribution in [3.63, 3.8) is 0 Å². The molecule has 0 aromatic rings. The molecule has 1 saturated heterocycles. The zero-order chi connectivity index (χ0) is 12.3. The van der Waals surface area contributed by atoms with E-state index in [9.17, 15) is 13.2 Å². The van der Waals surface area contributed by atoms with Crippen molar-refractivity contribution >= 4 is 33.1 Å². The van der Waals surface area contributed by atoms with E-state index in [2.05, 4.69) is 17.5 Å². The highest BCUT2D eigenvalue weighted by molar-refractivity contribution is 7.92. The lowest BCUT2D eigenvalue weighted by molar-refractivity contribution is -0.120. The van der Waals surface area contributed by atoms with Gasteiger partial charge in [-0.1, -0.05) is 12.2 Å². The molecule has 3 N–H and O–H groups in total. The van der Waals surface area contributed by atoms with Crippen LogP contribution in [0.15, 0.2) is 0 Å². The molecule has 1 aliphatic heterocycles. The van der Waals surface area contributed by atoms with E-state index in [-0.39, 0.29) is 17.4 Å². The molecular formula is C8H15N3O3S2. The molecule has 1 fully saturated rings. The van der Waals surface area contributed by atoms with Crippen LogP contribution in [-0.4, -0.2) is 48.5 Å². The number of nitrogens with zero attached hydrogens (tertiary/aromatic N) is 1. The summed E-state index contributed by atoms with van der Waals surface area (Å²) in [6.45, 7) is 2.08. The second-order valence-corrected chi connectivity index (χ2v) is 6.35. The van der Waals surface area contributed by atoms with Crippen molar-refractivity contribution < 1.29 is 13.2 Å². The number of amides is 1. The third-order valence-electron chi connectivity index (χ3n) is 2.43. The first-order valence-corrected chi connectivity index (χ1v) is 6.82. The van der Waals surface area contributed by atoms with E-state index < -0.39 is 15.3 Å². The molecule has 16 heavy (non-hydrogen) atoms. The van der Waals surface area contributed by atoms with Crippen LogP contribution in [0.3, 0.4) is 0 Å². The summed E-state index contributed by atoms with van der Waals surface area (Å²) in [7, 11) is -3.61. The van der Waals surface area contributed by atoms with Gasteiger partial charge >= 0.3 is 0 Å². The Balaban J connectivity index is 2.89. The van der Waals surface area contributed by atoms with Crippen LogP contribution in [0.25, 0.3) is 0 Å². The summed E-state index contributed by atoms with van der Waals surface area (Å²) in [5, 5.41) is 1.67. The molecule has 6 nitrogen and oxygen atoms in total. The summed E-state index contributed by atoms with van der Waals surface area (Å²) < 4.78 is 25.1. The number of carbonyl (C=O) groups is 1. The Bertz CT molecular complexity index is 393. The first kappa shape index (κ1) is 13.3. The van der Waals surface area contributed by atoms with Crippen LogP contribution < -0.4 is 11.1 Å². The van der Waals surface area contributed by atoms with E-state index in [4.69, 9.17) is 5.73 Å². The fourth-order valence-corrected chi connectivity index (χ4v) is 3.15. The third kappa shape index (κ3) is 2.89. The predicted octanol–water partition coefficient (Wildman–Crippen LogP) is -1.19. The number of thiocarbonyl (C=S) groups is 1. The largest absolute Gasteiger partial charge is 0.392 e.